The summed E-state index contributed by atoms with van der Waals surface area (Å²) in [6.45, 7) is 0.272. The highest BCUT2D eigenvalue weighted by atomic mass is 16.5. The Hall–Kier alpha value is -4.99. The minimum Gasteiger partial charge on any atom is -0.481 e. The van der Waals surface area contributed by atoms with Crippen LogP contribution in [0.4, 0.5) is 10.5 Å². The number of nitrogens with one attached hydrogen (secondary N) is 2. The number of carboxylic acid groups (broad SMARTS) is 1. The largest absolute Gasteiger partial charge is 0.481 e. The number of hydrogen-bond donors (Lipinski definition) is 3. The van der Waals surface area contributed by atoms with Crippen LogP contribution in [0.25, 0.3) is 11.3 Å². The third-order valence-electron chi connectivity index (χ3n) is 5.39. The smallest absolute Gasteiger partial charge is 0.408 e. The molecule has 0 radical (unpaired) electrons. The van der Waals surface area contributed by atoms with Crippen LogP contribution in [0.5, 0.6) is 0 Å². The van der Waals surface area contributed by atoms with Crippen molar-refractivity contribution in [1.29, 1.82) is 0 Å². The van der Waals surface area contributed by atoms with Crippen LogP contribution in [0.15, 0.2) is 91.1 Å². The number of anilines is 1. The molecule has 1 aromatic heterocycles. The maximum Gasteiger partial charge on any atom is 0.408 e. The summed E-state index contributed by atoms with van der Waals surface area (Å²) in [5.74, 6) is -1.38. The van der Waals surface area contributed by atoms with E-state index in [2.05, 4.69) is 20.9 Å². The lowest BCUT2D eigenvalue weighted by Crippen LogP contribution is -2.37. The predicted molar refractivity (Wildman–Crippen MR) is 135 cm³/mol. The van der Waals surface area contributed by atoms with Gasteiger partial charge in [0.05, 0.1) is 19.2 Å². The Labute approximate surface area is 212 Å². The quantitative estimate of drug-likeness (QED) is 0.300. The van der Waals surface area contributed by atoms with Crippen molar-refractivity contribution in [3.63, 3.8) is 0 Å². The number of carbonyl (C=O) groups is 3. The van der Waals surface area contributed by atoms with Crippen LogP contribution < -0.4 is 10.6 Å². The molecular formula is C27H25N5O5. The van der Waals surface area contributed by atoms with Gasteiger partial charge in [-0.2, -0.15) is 0 Å². The molecule has 2 amide bonds. The molecule has 1 atom stereocenters. The Balaban J connectivity index is 1.45. The summed E-state index contributed by atoms with van der Waals surface area (Å²) in [5.41, 5.74) is 3.13. The fourth-order valence-corrected chi connectivity index (χ4v) is 3.55. The van der Waals surface area contributed by atoms with Crippen LogP contribution in [-0.4, -0.2) is 38.1 Å². The summed E-state index contributed by atoms with van der Waals surface area (Å²) in [6.07, 6.45) is 0.848. The molecule has 4 aromatic rings. The van der Waals surface area contributed by atoms with Gasteiger partial charge in [-0.25, -0.2) is 4.79 Å². The second kappa shape index (κ2) is 12.1. The van der Waals surface area contributed by atoms with E-state index in [1.54, 1.807) is 54.7 Å². The molecule has 0 fully saturated rings. The van der Waals surface area contributed by atoms with Crippen molar-refractivity contribution in [2.75, 3.05) is 5.32 Å². The number of amides is 2. The van der Waals surface area contributed by atoms with Crippen molar-refractivity contribution in [2.45, 2.75) is 25.6 Å². The molecule has 4 rings (SSSR count). The molecule has 10 heteroatoms. The molecule has 0 aliphatic rings. The Morgan fingerprint density at radius 2 is 1.68 bits per heavy atom. The fraction of sp³-hybridized carbons (Fsp3) is 0.148. The van der Waals surface area contributed by atoms with Crippen LogP contribution >= 0.6 is 0 Å². The number of aromatic nitrogens is 3. The topological polar surface area (TPSA) is 135 Å². The summed E-state index contributed by atoms with van der Waals surface area (Å²) >= 11 is 0. The summed E-state index contributed by atoms with van der Waals surface area (Å²) in [6, 6.07) is 24.1. The molecule has 0 spiro atoms. The number of carboxylic acids is 1. The van der Waals surface area contributed by atoms with Gasteiger partial charge in [0, 0.05) is 11.3 Å². The number of alkyl carbamates (subject to hydrolysis) is 1. The van der Waals surface area contributed by atoms with Crippen LogP contribution in [0.1, 0.15) is 23.6 Å². The first-order valence-electron chi connectivity index (χ1n) is 11.5. The van der Waals surface area contributed by atoms with Gasteiger partial charge in [0.2, 0.25) is 0 Å². The molecule has 37 heavy (non-hydrogen) atoms. The lowest BCUT2D eigenvalue weighted by molar-refractivity contribution is -0.137. The van der Waals surface area contributed by atoms with E-state index in [1.165, 1.54) is 4.68 Å². The van der Waals surface area contributed by atoms with Crippen molar-refractivity contribution in [3.8, 4) is 11.3 Å². The number of aliphatic carboxylic acids is 1. The van der Waals surface area contributed by atoms with Gasteiger partial charge in [0.15, 0.2) is 0 Å². The maximum atomic E-state index is 13.3. The number of benzene rings is 3. The van der Waals surface area contributed by atoms with E-state index in [0.717, 1.165) is 5.56 Å². The van der Waals surface area contributed by atoms with Crippen molar-refractivity contribution >= 4 is 23.7 Å². The average Bonchev–Trinajstić information content (AvgIpc) is 3.40. The zero-order valence-electron chi connectivity index (χ0n) is 19.8. The molecular weight excluding hydrogens is 474 g/mol. The minimum atomic E-state index is -0.995. The van der Waals surface area contributed by atoms with Gasteiger partial charge >= 0.3 is 12.1 Å². The molecule has 10 nitrogen and oxygen atoms in total. The maximum absolute atomic E-state index is 13.3. The van der Waals surface area contributed by atoms with Crippen molar-refractivity contribution < 1.29 is 24.2 Å². The first kappa shape index (κ1) is 25.1. The molecule has 0 bridgehead atoms. The zero-order chi connectivity index (χ0) is 26.0. The number of aryl methyl sites for hydroxylation is 1. The molecule has 1 heterocycles. The lowest BCUT2D eigenvalue weighted by Gasteiger charge is -2.19. The van der Waals surface area contributed by atoms with Crippen LogP contribution in [-0.2, 0) is 27.5 Å². The van der Waals surface area contributed by atoms with Gasteiger partial charge in [-0.3, -0.25) is 14.3 Å². The summed E-state index contributed by atoms with van der Waals surface area (Å²) in [7, 11) is 0. The second-order valence-corrected chi connectivity index (χ2v) is 8.13. The highest BCUT2D eigenvalue weighted by Gasteiger charge is 2.24. The molecule has 3 N–H and O–H groups in total. The number of ether oxygens (including phenoxy) is 1. The van der Waals surface area contributed by atoms with Crippen molar-refractivity contribution in [1.82, 2.24) is 20.3 Å². The van der Waals surface area contributed by atoms with Crippen LogP contribution in [0.3, 0.4) is 0 Å². The highest BCUT2D eigenvalue weighted by Crippen LogP contribution is 2.22. The summed E-state index contributed by atoms with van der Waals surface area (Å²) < 4.78 is 6.76. The number of hydrogen-bond acceptors (Lipinski definition) is 6. The zero-order valence-corrected chi connectivity index (χ0v) is 19.8. The Morgan fingerprint density at radius 1 is 0.946 bits per heavy atom. The average molecular weight is 500 g/mol. The van der Waals surface area contributed by atoms with Crippen molar-refractivity contribution in [2.24, 2.45) is 0 Å². The second-order valence-electron chi connectivity index (χ2n) is 8.13. The minimum absolute atomic E-state index is 0.0689. The Bertz CT molecular complexity index is 1360. The molecule has 0 unspecified atom stereocenters. The molecule has 0 saturated carbocycles. The SMILES string of the molecule is O=C(O)CCn1cc(-c2cccc(NC(=O)[C@H](NC(=O)OCc3ccccc3)c3ccccc3)c2)nn1. The number of rotatable bonds is 10. The van der Waals surface area contributed by atoms with Gasteiger partial charge in [-0.1, -0.05) is 78.0 Å². The third kappa shape index (κ3) is 7.25. The van der Waals surface area contributed by atoms with E-state index in [9.17, 15) is 14.4 Å². The number of nitrogens with zero attached hydrogens (tertiary/aromatic N) is 3. The predicted octanol–water partition coefficient (Wildman–Crippen LogP) is 4.03. The molecule has 0 aliphatic carbocycles. The van der Waals surface area contributed by atoms with E-state index in [-0.39, 0.29) is 19.6 Å². The molecule has 0 saturated heterocycles. The Kier molecular flexibility index (Phi) is 8.22. The van der Waals surface area contributed by atoms with Crippen LogP contribution in [0.2, 0.25) is 0 Å². The van der Waals surface area contributed by atoms with E-state index in [0.29, 0.717) is 22.5 Å². The van der Waals surface area contributed by atoms with E-state index in [1.807, 2.05) is 36.4 Å². The lowest BCUT2D eigenvalue weighted by atomic mass is 10.1. The molecule has 3 aromatic carbocycles. The van der Waals surface area contributed by atoms with E-state index < -0.39 is 24.0 Å². The van der Waals surface area contributed by atoms with Gasteiger partial charge in [0.1, 0.15) is 18.3 Å². The normalized spacial score (nSPS) is 11.4. The monoisotopic (exact) mass is 499 g/mol. The van der Waals surface area contributed by atoms with E-state index in [4.69, 9.17) is 9.84 Å². The highest BCUT2D eigenvalue weighted by molar-refractivity contribution is 5.97. The first-order valence-corrected chi connectivity index (χ1v) is 11.5. The van der Waals surface area contributed by atoms with Gasteiger partial charge in [0.25, 0.3) is 5.91 Å². The van der Waals surface area contributed by atoms with E-state index >= 15 is 0 Å². The van der Waals surface area contributed by atoms with Gasteiger partial charge < -0.3 is 20.5 Å². The standard InChI is InChI=1S/C27H25N5O5/c33-24(34)14-15-32-17-23(30-31-32)21-12-7-13-22(16-21)28-26(35)25(20-10-5-2-6-11-20)29-27(36)37-18-19-8-3-1-4-9-19/h1-13,16-17,25H,14-15,18H2,(H,28,35)(H,29,36)(H,33,34)/t25-/m1/s1. The third-order valence-corrected chi connectivity index (χ3v) is 5.39. The van der Waals surface area contributed by atoms with Gasteiger partial charge in [-0.15, -0.1) is 5.10 Å². The van der Waals surface area contributed by atoms with Crippen molar-refractivity contribution in [3.05, 3.63) is 102 Å². The summed E-state index contributed by atoms with van der Waals surface area (Å²) in [4.78, 5) is 36.6. The fourth-order valence-electron chi connectivity index (χ4n) is 3.55. The molecule has 0 aliphatic heterocycles. The first-order chi connectivity index (χ1) is 18.0. The Morgan fingerprint density at radius 3 is 2.41 bits per heavy atom. The van der Waals surface area contributed by atoms with Crippen LogP contribution in [0, 0.1) is 0 Å². The molecule has 188 valence electrons. The summed E-state index contributed by atoms with van der Waals surface area (Å²) in [5, 5.41) is 22.4. The van der Waals surface area contributed by atoms with Gasteiger partial charge in [-0.05, 0) is 23.3 Å². The number of carbonyl (C=O) groups excluding carboxylic acids is 2.